The minimum absolute atomic E-state index is 0.419. The van der Waals surface area contributed by atoms with E-state index in [9.17, 15) is 4.79 Å². The maximum Gasteiger partial charge on any atom is 0.407 e. The predicted octanol–water partition coefficient (Wildman–Crippen LogP) is 1.24. The quantitative estimate of drug-likeness (QED) is 0.749. The molecule has 1 aromatic heterocycles. The summed E-state index contributed by atoms with van der Waals surface area (Å²) in [7, 11) is 0. The van der Waals surface area contributed by atoms with Crippen LogP contribution in [0.5, 0.6) is 0 Å². The molecule has 1 N–H and O–H groups in total. The highest BCUT2D eigenvalue weighted by Crippen LogP contribution is 2.19. The van der Waals surface area contributed by atoms with E-state index in [0.717, 1.165) is 17.6 Å². The van der Waals surface area contributed by atoms with Crippen LogP contribution in [-0.4, -0.2) is 39.2 Å². The van der Waals surface area contributed by atoms with Gasteiger partial charge in [0.1, 0.15) is 6.33 Å². The monoisotopic (exact) mass is 205 g/mol. The van der Waals surface area contributed by atoms with E-state index in [1.807, 2.05) is 6.08 Å². The van der Waals surface area contributed by atoms with Crippen LogP contribution in [0.25, 0.3) is 5.57 Å². The van der Waals surface area contributed by atoms with Gasteiger partial charge in [-0.15, -0.1) is 0 Å². The summed E-state index contributed by atoms with van der Waals surface area (Å²) in [5, 5.41) is 8.87. The summed E-state index contributed by atoms with van der Waals surface area (Å²) in [4.78, 5) is 20.0. The van der Waals surface area contributed by atoms with Gasteiger partial charge in [0.05, 0.1) is 0 Å². The number of hydrogen-bond donors (Lipinski definition) is 1. The van der Waals surface area contributed by atoms with Crippen molar-refractivity contribution >= 4 is 11.7 Å². The molecular weight excluding hydrogens is 194 g/mol. The molecule has 15 heavy (non-hydrogen) atoms. The number of rotatable bonds is 1. The van der Waals surface area contributed by atoms with Gasteiger partial charge in [-0.1, -0.05) is 6.08 Å². The molecule has 0 unspecified atom stereocenters. The molecule has 5 nitrogen and oxygen atoms in total. The van der Waals surface area contributed by atoms with E-state index in [1.165, 1.54) is 11.2 Å². The maximum absolute atomic E-state index is 10.8. The van der Waals surface area contributed by atoms with Crippen molar-refractivity contribution < 1.29 is 9.90 Å². The largest absolute Gasteiger partial charge is 0.465 e. The van der Waals surface area contributed by atoms with Crippen molar-refractivity contribution in [2.75, 3.05) is 13.1 Å². The Kier molecular flexibility index (Phi) is 2.62. The van der Waals surface area contributed by atoms with E-state index in [4.69, 9.17) is 5.11 Å². The lowest BCUT2D eigenvalue weighted by molar-refractivity contribution is 0.150. The lowest BCUT2D eigenvalue weighted by atomic mass is 10.0. The van der Waals surface area contributed by atoms with Crippen molar-refractivity contribution in [1.29, 1.82) is 0 Å². The molecule has 0 saturated carbocycles. The zero-order valence-electron chi connectivity index (χ0n) is 8.13. The van der Waals surface area contributed by atoms with Crippen LogP contribution >= 0.6 is 0 Å². The summed E-state index contributed by atoms with van der Waals surface area (Å²) in [6.45, 7) is 0.981. The molecule has 0 fully saturated rings. The van der Waals surface area contributed by atoms with Gasteiger partial charge in [0.2, 0.25) is 0 Å². The van der Waals surface area contributed by atoms with Crippen LogP contribution in [0, 0.1) is 0 Å². The van der Waals surface area contributed by atoms with E-state index in [-0.39, 0.29) is 0 Å². The SMILES string of the molecule is O=C(O)N1CCC=C(c2cncnc2)C1. The second kappa shape index (κ2) is 4.08. The molecule has 1 aromatic rings. The first kappa shape index (κ1) is 9.64. The van der Waals surface area contributed by atoms with E-state index in [1.54, 1.807) is 12.4 Å². The van der Waals surface area contributed by atoms with Crippen molar-refractivity contribution in [1.82, 2.24) is 14.9 Å². The topological polar surface area (TPSA) is 66.3 Å². The average Bonchev–Trinajstić information content (AvgIpc) is 2.30. The zero-order chi connectivity index (χ0) is 10.7. The molecule has 0 aliphatic carbocycles. The van der Waals surface area contributed by atoms with Crippen LogP contribution in [-0.2, 0) is 0 Å². The predicted molar refractivity (Wildman–Crippen MR) is 54.2 cm³/mol. The van der Waals surface area contributed by atoms with Crippen molar-refractivity contribution in [3.63, 3.8) is 0 Å². The van der Waals surface area contributed by atoms with Gasteiger partial charge >= 0.3 is 6.09 Å². The second-order valence-electron chi connectivity index (χ2n) is 3.35. The molecule has 2 rings (SSSR count). The molecule has 5 heteroatoms. The van der Waals surface area contributed by atoms with Crippen molar-refractivity contribution in [3.8, 4) is 0 Å². The minimum atomic E-state index is -0.877. The van der Waals surface area contributed by atoms with Gasteiger partial charge < -0.3 is 10.0 Å². The summed E-state index contributed by atoms with van der Waals surface area (Å²) < 4.78 is 0. The lowest BCUT2D eigenvalue weighted by Gasteiger charge is -2.24. The van der Waals surface area contributed by atoms with Crippen molar-refractivity contribution in [2.45, 2.75) is 6.42 Å². The molecule has 2 heterocycles. The Hall–Kier alpha value is -1.91. The van der Waals surface area contributed by atoms with Crippen LogP contribution in [0.4, 0.5) is 4.79 Å². The van der Waals surface area contributed by atoms with Crippen molar-refractivity contribution in [3.05, 3.63) is 30.4 Å². The highest BCUT2D eigenvalue weighted by molar-refractivity contribution is 5.73. The Labute approximate surface area is 87.1 Å². The number of hydrogen-bond acceptors (Lipinski definition) is 3. The highest BCUT2D eigenvalue weighted by Gasteiger charge is 2.17. The third-order valence-corrected chi connectivity index (χ3v) is 2.35. The Balaban J connectivity index is 2.18. The first-order chi connectivity index (χ1) is 7.27. The van der Waals surface area contributed by atoms with Gasteiger partial charge in [0.25, 0.3) is 0 Å². The highest BCUT2D eigenvalue weighted by atomic mass is 16.4. The molecule has 0 spiro atoms. The molecule has 78 valence electrons. The van der Waals surface area contributed by atoms with Gasteiger partial charge in [-0.3, -0.25) is 0 Å². The van der Waals surface area contributed by atoms with Crippen LogP contribution in [0.3, 0.4) is 0 Å². The fourth-order valence-corrected chi connectivity index (χ4v) is 1.58. The summed E-state index contributed by atoms with van der Waals surface area (Å²) in [5.74, 6) is 0. The Morgan fingerprint density at radius 1 is 1.40 bits per heavy atom. The standard InChI is InChI=1S/C10H11N3O2/c14-10(15)13-3-1-2-8(6-13)9-4-11-7-12-5-9/h2,4-5,7H,1,3,6H2,(H,14,15). The number of amides is 1. The number of carbonyl (C=O) groups is 1. The third kappa shape index (κ3) is 2.12. The average molecular weight is 205 g/mol. The molecular formula is C10H11N3O2. The van der Waals surface area contributed by atoms with Crippen molar-refractivity contribution in [2.24, 2.45) is 0 Å². The molecule has 0 aromatic carbocycles. The van der Waals surface area contributed by atoms with Gasteiger partial charge in [-0.2, -0.15) is 0 Å². The molecule has 0 atom stereocenters. The van der Waals surface area contributed by atoms with Gasteiger partial charge in [-0.05, 0) is 12.0 Å². The van der Waals surface area contributed by atoms with E-state index in [2.05, 4.69) is 9.97 Å². The third-order valence-electron chi connectivity index (χ3n) is 2.35. The number of nitrogens with zero attached hydrogens (tertiary/aromatic N) is 3. The summed E-state index contributed by atoms with van der Waals surface area (Å²) in [5.41, 5.74) is 1.87. The molecule has 1 amide bonds. The maximum atomic E-state index is 10.8. The van der Waals surface area contributed by atoms with E-state index >= 15 is 0 Å². The van der Waals surface area contributed by atoms with Crippen LogP contribution in [0.2, 0.25) is 0 Å². The molecule has 0 saturated heterocycles. The minimum Gasteiger partial charge on any atom is -0.465 e. The van der Waals surface area contributed by atoms with Crippen LogP contribution in [0.15, 0.2) is 24.8 Å². The summed E-state index contributed by atoms with van der Waals surface area (Å²) in [6.07, 6.45) is 6.77. The van der Waals surface area contributed by atoms with E-state index < -0.39 is 6.09 Å². The first-order valence-corrected chi connectivity index (χ1v) is 4.69. The van der Waals surface area contributed by atoms with Gasteiger partial charge in [-0.25, -0.2) is 14.8 Å². The zero-order valence-corrected chi connectivity index (χ0v) is 8.13. The first-order valence-electron chi connectivity index (χ1n) is 4.69. The summed E-state index contributed by atoms with van der Waals surface area (Å²) >= 11 is 0. The van der Waals surface area contributed by atoms with E-state index in [0.29, 0.717) is 13.1 Å². The van der Waals surface area contributed by atoms with Crippen LogP contribution < -0.4 is 0 Å². The summed E-state index contributed by atoms with van der Waals surface area (Å²) in [6, 6.07) is 0. The Morgan fingerprint density at radius 2 is 2.13 bits per heavy atom. The molecule has 0 radical (unpaired) electrons. The second-order valence-corrected chi connectivity index (χ2v) is 3.35. The molecule has 0 bridgehead atoms. The number of carboxylic acid groups (broad SMARTS) is 1. The number of aromatic nitrogens is 2. The fourth-order valence-electron chi connectivity index (χ4n) is 1.58. The van der Waals surface area contributed by atoms with Gasteiger partial charge in [0.15, 0.2) is 0 Å². The fraction of sp³-hybridized carbons (Fsp3) is 0.300. The molecule has 1 aliphatic heterocycles. The molecule has 1 aliphatic rings. The lowest BCUT2D eigenvalue weighted by Crippen LogP contribution is -2.34. The Bertz CT molecular complexity index is 389. The van der Waals surface area contributed by atoms with Crippen LogP contribution in [0.1, 0.15) is 12.0 Å². The normalized spacial score (nSPS) is 16.0. The Morgan fingerprint density at radius 3 is 2.80 bits per heavy atom. The smallest absolute Gasteiger partial charge is 0.407 e. The van der Waals surface area contributed by atoms with Gasteiger partial charge in [0, 0.05) is 31.0 Å².